The van der Waals surface area contributed by atoms with E-state index in [0.717, 1.165) is 24.1 Å². The van der Waals surface area contributed by atoms with E-state index in [-0.39, 0.29) is 17.9 Å². The lowest BCUT2D eigenvalue weighted by Gasteiger charge is -2.27. The molecule has 8 nitrogen and oxygen atoms in total. The van der Waals surface area contributed by atoms with Gasteiger partial charge in [-0.25, -0.2) is 4.98 Å². The van der Waals surface area contributed by atoms with Gasteiger partial charge in [0.1, 0.15) is 5.82 Å². The van der Waals surface area contributed by atoms with Crippen LogP contribution in [0.25, 0.3) is 0 Å². The highest BCUT2D eigenvalue weighted by atomic mass is 16.5. The van der Waals surface area contributed by atoms with Gasteiger partial charge in [-0.05, 0) is 31.0 Å². The SMILES string of the molecule is CCC(CC)N1C(=O)Cc2cnc(Nc3cccc(C(=O)N4CCOCC4)c3)nc21. The molecule has 158 valence electrons. The minimum absolute atomic E-state index is 0.0117. The molecule has 3 heterocycles. The maximum Gasteiger partial charge on any atom is 0.254 e. The number of hydrogen-bond donors (Lipinski definition) is 1. The Hall–Kier alpha value is -3.00. The Labute approximate surface area is 176 Å². The van der Waals surface area contributed by atoms with Crippen molar-refractivity contribution < 1.29 is 14.3 Å². The first kappa shape index (κ1) is 20.3. The zero-order valence-corrected chi connectivity index (χ0v) is 17.4. The summed E-state index contributed by atoms with van der Waals surface area (Å²) in [6, 6.07) is 7.45. The summed E-state index contributed by atoms with van der Waals surface area (Å²) in [5.74, 6) is 1.16. The molecule has 1 fully saturated rings. The van der Waals surface area contributed by atoms with Crippen molar-refractivity contribution in [3.63, 3.8) is 0 Å². The fourth-order valence-electron chi connectivity index (χ4n) is 4.00. The normalized spacial score (nSPS) is 16.2. The smallest absolute Gasteiger partial charge is 0.254 e. The quantitative estimate of drug-likeness (QED) is 0.789. The van der Waals surface area contributed by atoms with Gasteiger partial charge in [0.05, 0.1) is 19.6 Å². The van der Waals surface area contributed by atoms with Gasteiger partial charge in [0.2, 0.25) is 11.9 Å². The van der Waals surface area contributed by atoms with Crippen LogP contribution >= 0.6 is 0 Å². The van der Waals surface area contributed by atoms with Crippen LogP contribution in [0.15, 0.2) is 30.5 Å². The number of nitrogens with zero attached hydrogens (tertiary/aromatic N) is 4. The minimum Gasteiger partial charge on any atom is -0.378 e. The number of ether oxygens (including phenoxy) is 1. The summed E-state index contributed by atoms with van der Waals surface area (Å²) in [5, 5.41) is 3.19. The van der Waals surface area contributed by atoms with E-state index in [1.54, 1.807) is 28.1 Å². The second-order valence-electron chi connectivity index (χ2n) is 7.56. The number of nitrogens with one attached hydrogen (secondary N) is 1. The lowest BCUT2D eigenvalue weighted by Crippen LogP contribution is -2.40. The molecule has 8 heteroatoms. The Morgan fingerprint density at radius 3 is 2.73 bits per heavy atom. The molecule has 0 radical (unpaired) electrons. The van der Waals surface area contributed by atoms with Crippen LogP contribution in [0.5, 0.6) is 0 Å². The summed E-state index contributed by atoms with van der Waals surface area (Å²) in [6.07, 6.45) is 3.81. The summed E-state index contributed by atoms with van der Waals surface area (Å²) < 4.78 is 5.32. The topological polar surface area (TPSA) is 87.7 Å². The van der Waals surface area contributed by atoms with Gasteiger partial charge in [-0.15, -0.1) is 0 Å². The number of benzene rings is 1. The second kappa shape index (κ2) is 8.79. The van der Waals surface area contributed by atoms with Gasteiger partial charge < -0.3 is 15.0 Å². The van der Waals surface area contributed by atoms with E-state index < -0.39 is 0 Å². The van der Waals surface area contributed by atoms with E-state index in [0.29, 0.717) is 50.1 Å². The van der Waals surface area contributed by atoms with Gasteiger partial charge >= 0.3 is 0 Å². The summed E-state index contributed by atoms with van der Waals surface area (Å²) in [7, 11) is 0. The van der Waals surface area contributed by atoms with Crippen molar-refractivity contribution in [3.05, 3.63) is 41.6 Å². The van der Waals surface area contributed by atoms with Crippen LogP contribution in [0, 0.1) is 0 Å². The zero-order chi connectivity index (χ0) is 21.1. The van der Waals surface area contributed by atoms with Crippen LogP contribution in [0.4, 0.5) is 17.5 Å². The highest BCUT2D eigenvalue weighted by Crippen LogP contribution is 2.31. The summed E-state index contributed by atoms with van der Waals surface area (Å²) in [4.78, 5) is 37.9. The van der Waals surface area contributed by atoms with E-state index in [2.05, 4.69) is 29.1 Å². The van der Waals surface area contributed by atoms with E-state index in [9.17, 15) is 9.59 Å². The van der Waals surface area contributed by atoms with Crippen molar-refractivity contribution in [3.8, 4) is 0 Å². The molecule has 2 aliphatic rings. The Morgan fingerprint density at radius 2 is 2.00 bits per heavy atom. The van der Waals surface area contributed by atoms with Crippen molar-refractivity contribution in [2.75, 3.05) is 36.5 Å². The second-order valence-corrected chi connectivity index (χ2v) is 7.56. The Balaban J connectivity index is 1.54. The van der Waals surface area contributed by atoms with Gasteiger partial charge in [0.15, 0.2) is 0 Å². The molecule has 0 bridgehead atoms. The first-order chi connectivity index (χ1) is 14.6. The van der Waals surface area contributed by atoms with Gasteiger partial charge in [-0.3, -0.25) is 14.5 Å². The van der Waals surface area contributed by atoms with Crippen LogP contribution in [0.2, 0.25) is 0 Å². The molecule has 0 spiro atoms. The van der Waals surface area contributed by atoms with Crippen LogP contribution < -0.4 is 10.2 Å². The van der Waals surface area contributed by atoms with Crippen LogP contribution in [0.3, 0.4) is 0 Å². The van der Waals surface area contributed by atoms with E-state index >= 15 is 0 Å². The minimum atomic E-state index is -0.0117. The van der Waals surface area contributed by atoms with Crippen LogP contribution in [0.1, 0.15) is 42.6 Å². The number of carbonyl (C=O) groups excluding carboxylic acids is 2. The number of rotatable bonds is 6. The average molecular weight is 409 g/mol. The van der Waals surface area contributed by atoms with Crippen molar-refractivity contribution in [1.82, 2.24) is 14.9 Å². The number of carbonyl (C=O) groups is 2. The standard InChI is InChI=1S/C22H27N5O3/c1-3-18(4-2)27-19(28)13-16-14-23-22(25-20(16)27)24-17-7-5-6-15(12-17)21(29)26-8-10-30-11-9-26/h5-7,12,14,18H,3-4,8-11,13H2,1-2H3,(H,23,24,25). The predicted octanol–water partition coefficient (Wildman–Crippen LogP) is 2.77. The highest BCUT2D eigenvalue weighted by Gasteiger charge is 2.33. The van der Waals surface area contributed by atoms with Gasteiger partial charge in [0.25, 0.3) is 5.91 Å². The van der Waals surface area contributed by atoms with Crippen molar-refractivity contribution in [2.45, 2.75) is 39.2 Å². The van der Waals surface area contributed by atoms with Crippen molar-refractivity contribution in [2.24, 2.45) is 0 Å². The molecule has 30 heavy (non-hydrogen) atoms. The average Bonchev–Trinajstić information content (AvgIpc) is 3.10. The molecule has 1 aromatic heterocycles. The Bertz CT molecular complexity index is 938. The van der Waals surface area contributed by atoms with Gasteiger partial charge in [-0.1, -0.05) is 19.9 Å². The Kier molecular flexibility index (Phi) is 5.94. The number of fused-ring (bicyclic) bond motifs is 1. The number of hydrogen-bond acceptors (Lipinski definition) is 6. The lowest BCUT2D eigenvalue weighted by atomic mass is 10.1. The molecule has 1 N–H and O–H groups in total. The summed E-state index contributed by atoms with van der Waals surface area (Å²) in [5.41, 5.74) is 2.19. The third-order valence-corrected chi connectivity index (χ3v) is 5.65. The molecule has 0 unspecified atom stereocenters. The zero-order valence-electron chi connectivity index (χ0n) is 17.4. The highest BCUT2D eigenvalue weighted by molar-refractivity contribution is 6.00. The molecule has 0 atom stereocenters. The van der Waals surface area contributed by atoms with E-state index in [4.69, 9.17) is 4.74 Å². The monoisotopic (exact) mass is 409 g/mol. The maximum absolute atomic E-state index is 12.7. The fourth-order valence-corrected chi connectivity index (χ4v) is 4.00. The van der Waals surface area contributed by atoms with Gasteiger partial charge in [0, 0.05) is 42.1 Å². The molecule has 1 saturated heterocycles. The molecule has 4 rings (SSSR count). The molecule has 0 saturated carbocycles. The first-order valence-electron chi connectivity index (χ1n) is 10.5. The molecule has 2 aromatic rings. The van der Waals surface area contributed by atoms with Crippen LogP contribution in [-0.2, 0) is 16.0 Å². The fraction of sp³-hybridized carbons (Fsp3) is 0.455. The summed E-state index contributed by atoms with van der Waals surface area (Å²) in [6.45, 7) is 6.50. The number of morpholine rings is 1. The van der Waals surface area contributed by atoms with E-state index in [1.165, 1.54) is 0 Å². The first-order valence-corrected chi connectivity index (χ1v) is 10.5. The Morgan fingerprint density at radius 1 is 1.23 bits per heavy atom. The van der Waals surface area contributed by atoms with Gasteiger partial charge in [-0.2, -0.15) is 4.98 Å². The summed E-state index contributed by atoms with van der Waals surface area (Å²) >= 11 is 0. The molecule has 0 aliphatic carbocycles. The molecular weight excluding hydrogens is 382 g/mol. The van der Waals surface area contributed by atoms with Crippen molar-refractivity contribution in [1.29, 1.82) is 0 Å². The molecule has 2 aliphatic heterocycles. The third-order valence-electron chi connectivity index (χ3n) is 5.65. The van der Waals surface area contributed by atoms with Crippen LogP contribution in [-0.4, -0.2) is 59.0 Å². The predicted molar refractivity (Wildman–Crippen MR) is 114 cm³/mol. The lowest BCUT2D eigenvalue weighted by molar-refractivity contribution is -0.117. The third kappa shape index (κ3) is 4.00. The molecule has 2 amide bonds. The molecular formula is C22H27N5O3. The number of aromatic nitrogens is 2. The number of amides is 2. The number of anilines is 3. The molecule has 1 aromatic carbocycles. The largest absolute Gasteiger partial charge is 0.378 e. The van der Waals surface area contributed by atoms with Crippen molar-refractivity contribution >= 4 is 29.3 Å². The maximum atomic E-state index is 12.7. The van der Waals surface area contributed by atoms with E-state index in [1.807, 2.05) is 12.1 Å².